The minimum absolute atomic E-state index is 0.0201. The minimum atomic E-state index is -0.917. The van der Waals surface area contributed by atoms with E-state index in [1.165, 1.54) is 186 Å². The second-order valence-electron chi connectivity index (χ2n) is 25.7. The van der Waals surface area contributed by atoms with Crippen molar-refractivity contribution in [3.63, 3.8) is 0 Å². The number of carbonyl (C=O) groups excluding carboxylic acids is 4. The lowest BCUT2D eigenvalue weighted by molar-refractivity contribution is -0.763. The van der Waals surface area contributed by atoms with Gasteiger partial charge in [-0.05, 0) is 135 Å². The Morgan fingerprint density at radius 1 is 0.286 bits per heavy atom. The van der Waals surface area contributed by atoms with Crippen LogP contribution in [0.2, 0.25) is 0 Å². The van der Waals surface area contributed by atoms with E-state index in [9.17, 15) is 19.2 Å². The Morgan fingerprint density at radius 2 is 0.488 bits per heavy atom. The lowest BCUT2D eigenvalue weighted by atomic mass is 10.0. The molecule has 84 heavy (non-hydrogen) atoms. The first-order chi connectivity index (χ1) is 41.2. The van der Waals surface area contributed by atoms with Crippen molar-refractivity contribution in [1.82, 2.24) is 0 Å². The third kappa shape index (κ3) is 54.6. The highest BCUT2D eigenvalue weighted by atomic mass is 16.6. The number of hydrogen-bond acceptors (Lipinski definition) is 6. The van der Waals surface area contributed by atoms with E-state index < -0.39 is 16.7 Å². The number of nitrogens with zero attached hydrogens (tertiary/aromatic N) is 1. The van der Waals surface area contributed by atoms with Gasteiger partial charge in [-0.2, -0.15) is 4.48 Å². The van der Waals surface area contributed by atoms with E-state index in [1.54, 1.807) is 14.0 Å². The second kappa shape index (κ2) is 64.7. The van der Waals surface area contributed by atoms with E-state index in [2.05, 4.69) is 76.3 Å². The zero-order valence-corrected chi connectivity index (χ0v) is 57.0. The Kier molecular flexibility index (Phi) is 62.5. The largest absolute Gasteiger partial charge is 0.458 e. The Bertz CT molecular complexity index is 1530. The van der Waals surface area contributed by atoms with Gasteiger partial charge in [0.05, 0.1) is 19.9 Å². The highest BCUT2D eigenvalue weighted by molar-refractivity contribution is 5.84. The number of likely N-dealkylation sites (N-methyl/N-ethyl adjacent to an activating group) is 1. The summed E-state index contributed by atoms with van der Waals surface area (Å²) in [6.45, 7) is 10.8. The van der Waals surface area contributed by atoms with E-state index in [0.717, 1.165) is 148 Å². The number of unbranched alkanes of at least 4 members (excludes halogenated alkanes) is 44. The van der Waals surface area contributed by atoms with Crippen molar-refractivity contribution in [2.75, 3.05) is 13.6 Å². The quantitative estimate of drug-likeness (QED) is 0.0261. The van der Waals surface area contributed by atoms with Gasteiger partial charge >= 0.3 is 23.8 Å². The van der Waals surface area contributed by atoms with Crippen LogP contribution >= 0.6 is 0 Å². The maximum atomic E-state index is 14.5. The first-order valence-electron chi connectivity index (χ1n) is 37.1. The van der Waals surface area contributed by atoms with Gasteiger partial charge in [0.15, 0.2) is 6.10 Å². The SMILES string of the molecule is CCCCCCCC/C=C\CCCCCCCC(=O)OC(C)C(C[N+](C)(C(=O)CCCCCCC/C=C\CCCCCCCC)C(=O)CCCCCCC/C=C\CCCCCCCC)OC(=O)CCCCCCC/C=C\CCCCCCCC. The molecule has 0 saturated heterocycles. The number of ether oxygens (including phenoxy) is 2. The molecule has 0 N–H and O–H groups in total. The highest BCUT2D eigenvalue weighted by Gasteiger charge is 2.44. The molecule has 2 atom stereocenters. The number of amides is 2. The average molecular weight is 1180 g/mol. The molecule has 0 radical (unpaired) electrons. The molecule has 0 aromatic heterocycles. The fourth-order valence-corrected chi connectivity index (χ4v) is 11.4. The molecule has 0 aliphatic rings. The van der Waals surface area contributed by atoms with Crippen LogP contribution in [0, 0.1) is 0 Å². The summed E-state index contributed by atoms with van der Waals surface area (Å²) in [6, 6.07) is 0. The lowest BCUT2D eigenvalue weighted by Gasteiger charge is -2.34. The molecule has 490 valence electrons. The number of imide groups is 1. The molecule has 7 nitrogen and oxygen atoms in total. The summed E-state index contributed by atoms with van der Waals surface area (Å²) in [6.07, 6.45) is 79.5. The molecule has 0 bridgehead atoms. The molecule has 0 aromatic carbocycles. The van der Waals surface area contributed by atoms with Gasteiger partial charge in [-0.1, -0.05) is 282 Å². The van der Waals surface area contributed by atoms with Crippen LogP contribution < -0.4 is 0 Å². The smallest absolute Gasteiger partial charge is 0.320 e. The Hall–Kier alpha value is -2.80. The van der Waals surface area contributed by atoms with Crippen LogP contribution in [-0.2, 0) is 28.7 Å². The molecule has 0 aliphatic carbocycles. The van der Waals surface area contributed by atoms with Gasteiger partial charge in [-0.3, -0.25) is 9.59 Å². The summed E-state index contributed by atoms with van der Waals surface area (Å²) >= 11 is 0. The third-order valence-corrected chi connectivity index (χ3v) is 17.4. The number of quaternary nitrogens is 1. The maximum absolute atomic E-state index is 14.5. The van der Waals surface area contributed by atoms with Crippen molar-refractivity contribution in [2.24, 2.45) is 0 Å². The zero-order chi connectivity index (χ0) is 61.3. The topological polar surface area (TPSA) is 86.7 Å². The van der Waals surface area contributed by atoms with Crippen molar-refractivity contribution in [1.29, 1.82) is 0 Å². The summed E-state index contributed by atoms with van der Waals surface area (Å²) in [5.74, 6) is -0.920. The van der Waals surface area contributed by atoms with E-state index in [-0.39, 0.29) is 36.7 Å². The Morgan fingerprint density at radius 3 is 0.738 bits per heavy atom. The van der Waals surface area contributed by atoms with Crippen molar-refractivity contribution < 1.29 is 33.1 Å². The molecule has 0 spiro atoms. The van der Waals surface area contributed by atoms with Gasteiger partial charge in [0.1, 0.15) is 12.6 Å². The summed E-state index contributed by atoms with van der Waals surface area (Å²) in [4.78, 5) is 56.3. The molecule has 0 saturated carbocycles. The lowest BCUT2D eigenvalue weighted by Crippen LogP contribution is -2.59. The van der Waals surface area contributed by atoms with Gasteiger partial charge in [0.2, 0.25) is 0 Å². The number of carbonyl (C=O) groups is 4. The fraction of sp³-hybridized carbons (Fsp3) is 0.844. The second-order valence-corrected chi connectivity index (χ2v) is 25.7. The highest BCUT2D eigenvalue weighted by Crippen LogP contribution is 2.23. The first kappa shape index (κ1) is 81.2. The molecule has 0 aliphatic heterocycles. The maximum Gasteiger partial charge on any atom is 0.320 e. The minimum Gasteiger partial charge on any atom is -0.458 e. The van der Waals surface area contributed by atoms with Crippen LogP contribution in [-0.4, -0.2) is 54.0 Å². The van der Waals surface area contributed by atoms with Gasteiger partial charge < -0.3 is 9.47 Å². The van der Waals surface area contributed by atoms with E-state index in [0.29, 0.717) is 19.3 Å². The van der Waals surface area contributed by atoms with Crippen LogP contribution in [0.1, 0.15) is 394 Å². The summed E-state index contributed by atoms with van der Waals surface area (Å²) in [5.41, 5.74) is 0. The standard InChI is InChI=1S/C77H142NO6/c1-7-11-15-19-23-27-31-35-39-43-47-51-55-59-63-67-74(79)78(6,75(80)68-64-60-56-52-48-44-40-36-32-28-24-20-16-12-8-2)71-73(84-77(82)70-66-62-58-54-50-46-42-38-34-30-26-22-18-14-10-4)72(5)83-76(81)69-65-61-57-53-49-45-41-37-33-29-25-21-17-13-9-3/h35-42,72-73H,7-34,43-71H2,1-6H3/q+1/b39-35-,40-36-,41-37-,42-38-. The predicted molar refractivity (Wildman–Crippen MR) is 364 cm³/mol. The molecule has 2 amide bonds. The molecule has 0 rings (SSSR count). The van der Waals surface area contributed by atoms with Crippen molar-refractivity contribution in [3.8, 4) is 0 Å². The van der Waals surface area contributed by atoms with Crippen LogP contribution in [0.15, 0.2) is 48.6 Å². The molecule has 0 aromatic rings. The molecular formula is C77H142NO6+. The Balaban J connectivity index is 5.69. The normalized spacial score (nSPS) is 12.9. The van der Waals surface area contributed by atoms with Gasteiger partial charge in [-0.15, -0.1) is 0 Å². The van der Waals surface area contributed by atoms with Crippen LogP contribution in [0.25, 0.3) is 0 Å². The summed E-state index contributed by atoms with van der Waals surface area (Å²) in [7, 11) is 1.74. The van der Waals surface area contributed by atoms with Gasteiger partial charge in [-0.25, -0.2) is 9.59 Å². The molecule has 2 unspecified atom stereocenters. The van der Waals surface area contributed by atoms with E-state index >= 15 is 0 Å². The van der Waals surface area contributed by atoms with Gasteiger partial charge in [0, 0.05) is 12.8 Å². The monoisotopic (exact) mass is 1180 g/mol. The van der Waals surface area contributed by atoms with Crippen LogP contribution in [0.5, 0.6) is 0 Å². The van der Waals surface area contributed by atoms with E-state index in [4.69, 9.17) is 9.47 Å². The van der Waals surface area contributed by atoms with Crippen LogP contribution in [0.3, 0.4) is 0 Å². The summed E-state index contributed by atoms with van der Waals surface area (Å²) in [5, 5.41) is 0. The van der Waals surface area contributed by atoms with Crippen molar-refractivity contribution in [3.05, 3.63) is 48.6 Å². The number of allylic oxidation sites excluding steroid dienone is 8. The molecule has 0 fully saturated rings. The third-order valence-electron chi connectivity index (χ3n) is 17.4. The fourth-order valence-electron chi connectivity index (χ4n) is 11.4. The predicted octanol–water partition coefficient (Wildman–Crippen LogP) is 24.5. The first-order valence-corrected chi connectivity index (χ1v) is 37.1. The number of esters is 2. The molecular weight excluding hydrogens is 1030 g/mol. The Labute approximate surface area is 523 Å². The zero-order valence-electron chi connectivity index (χ0n) is 57.0. The van der Waals surface area contributed by atoms with Crippen LogP contribution in [0.4, 0.5) is 0 Å². The molecule has 7 heteroatoms. The van der Waals surface area contributed by atoms with E-state index in [1.807, 2.05) is 0 Å². The summed E-state index contributed by atoms with van der Waals surface area (Å²) < 4.78 is 11.9. The van der Waals surface area contributed by atoms with Gasteiger partial charge in [0.25, 0.3) is 0 Å². The average Bonchev–Trinajstić information content (AvgIpc) is 3.67. The van der Waals surface area contributed by atoms with Crippen molar-refractivity contribution in [2.45, 2.75) is 406 Å². The van der Waals surface area contributed by atoms with Crippen molar-refractivity contribution >= 4 is 23.8 Å². The molecule has 0 heterocycles. The number of rotatable bonds is 65. The number of hydrogen-bond donors (Lipinski definition) is 0.